The van der Waals surface area contributed by atoms with Gasteiger partial charge in [-0.3, -0.25) is 4.79 Å². The molecular weight excluding hydrogens is 582 g/mol. The van der Waals surface area contributed by atoms with E-state index >= 15 is 0 Å². The molecule has 3 atom stereocenters. The molecule has 5 heteroatoms. The van der Waals surface area contributed by atoms with Gasteiger partial charge >= 0.3 is 0 Å². The Morgan fingerprint density at radius 3 is 1.23 bits per heavy atom. The van der Waals surface area contributed by atoms with Crippen LogP contribution in [-0.2, 0) is 4.79 Å². The molecule has 0 aliphatic carbocycles. The number of unbranched alkanes of at least 4 members (excludes halogenated alkanes) is 28. The van der Waals surface area contributed by atoms with Crippen LogP contribution >= 0.6 is 0 Å². The first-order chi connectivity index (χ1) is 23.1. The minimum atomic E-state index is -1.14. The van der Waals surface area contributed by atoms with E-state index in [0.717, 1.165) is 38.5 Å². The first-order valence-electron chi connectivity index (χ1n) is 21.0. The molecule has 4 N–H and O–H groups in total. The monoisotopic (exact) mass is 666 g/mol. The van der Waals surface area contributed by atoms with Gasteiger partial charge in [0.1, 0.15) is 6.10 Å². The molecule has 1 amide bonds. The van der Waals surface area contributed by atoms with Crippen LogP contribution in [0, 0.1) is 0 Å². The van der Waals surface area contributed by atoms with E-state index in [9.17, 15) is 20.1 Å². The highest BCUT2D eigenvalue weighted by Crippen LogP contribution is 2.16. The highest BCUT2D eigenvalue weighted by atomic mass is 16.3. The molecule has 5 nitrogen and oxygen atoms in total. The highest BCUT2D eigenvalue weighted by molar-refractivity contribution is 5.76. The molecule has 0 aromatic rings. The summed E-state index contributed by atoms with van der Waals surface area (Å²) >= 11 is 0. The molecule has 0 aromatic heterocycles. The van der Waals surface area contributed by atoms with Crippen LogP contribution in [0.3, 0.4) is 0 Å². The van der Waals surface area contributed by atoms with E-state index in [2.05, 4.69) is 31.3 Å². The van der Waals surface area contributed by atoms with Crippen LogP contribution in [0.4, 0.5) is 0 Å². The predicted molar refractivity (Wildman–Crippen MR) is 204 cm³/mol. The lowest BCUT2D eigenvalue weighted by molar-refractivity contribution is -0.124. The number of allylic oxidation sites excluding steroid dienone is 2. The van der Waals surface area contributed by atoms with Gasteiger partial charge in [-0.15, -0.1) is 0 Å². The summed E-state index contributed by atoms with van der Waals surface area (Å²) in [5.41, 5.74) is 0. The Balaban J connectivity index is 3.64. The van der Waals surface area contributed by atoms with Crippen LogP contribution in [0.5, 0.6) is 0 Å². The van der Waals surface area contributed by atoms with Gasteiger partial charge in [-0.2, -0.15) is 0 Å². The molecule has 0 saturated heterocycles. The molecule has 0 bridgehead atoms. The number of hydrogen-bond donors (Lipinski definition) is 4. The third-order valence-corrected chi connectivity index (χ3v) is 9.87. The van der Waals surface area contributed by atoms with Gasteiger partial charge in [-0.1, -0.05) is 193 Å². The number of aliphatic hydroxyl groups is 3. The largest absolute Gasteiger partial charge is 0.394 e. The average Bonchev–Trinajstić information content (AvgIpc) is 3.07. The zero-order chi connectivity index (χ0) is 34.5. The van der Waals surface area contributed by atoms with Crippen molar-refractivity contribution in [3.8, 4) is 0 Å². The number of rotatable bonds is 38. The van der Waals surface area contributed by atoms with E-state index in [1.165, 1.54) is 161 Å². The number of aliphatic hydroxyl groups excluding tert-OH is 3. The molecule has 280 valence electrons. The van der Waals surface area contributed by atoms with E-state index in [0.29, 0.717) is 12.8 Å². The average molecular weight is 666 g/mol. The fourth-order valence-electron chi connectivity index (χ4n) is 6.57. The van der Waals surface area contributed by atoms with Gasteiger partial charge in [-0.05, 0) is 38.5 Å². The standard InChI is InChI=1S/C42H83NO4/c1-3-5-7-9-11-13-15-17-19-20-21-23-24-26-28-30-32-34-36-40(45)42(47)39(38-44)43-41(46)37-35-33-31-29-27-25-22-18-16-14-12-10-8-6-4-2/h19-20,39-40,42,44-45,47H,3-18,21-38H2,1-2H3,(H,43,46)/t39-,40+,42-/m0/s1. The van der Waals surface area contributed by atoms with Gasteiger partial charge in [0.15, 0.2) is 0 Å². The molecule has 0 spiro atoms. The van der Waals surface area contributed by atoms with E-state index in [4.69, 9.17) is 0 Å². The van der Waals surface area contributed by atoms with Crippen molar-refractivity contribution in [2.75, 3.05) is 6.61 Å². The molecule has 0 saturated carbocycles. The second-order valence-corrected chi connectivity index (χ2v) is 14.5. The van der Waals surface area contributed by atoms with Crippen LogP contribution in [-0.4, -0.2) is 46.1 Å². The van der Waals surface area contributed by atoms with Crippen molar-refractivity contribution in [3.05, 3.63) is 12.2 Å². The smallest absolute Gasteiger partial charge is 0.220 e. The number of hydrogen-bond acceptors (Lipinski definition) is 4. The quantitative estimate of drug-likeness (QED) is 0.0390. The van der Waals surface area contributed by atoms with E-state index in [1.807, 2.05) is 0 Å². The minimum Gasteiger partial charge on any atom is -0.394 e. The van der Waals surface area contributed by atoms with Crippen molar-refractivity contribution in [1.82, 2.24) is 5.32 Å². The van der Waals surface area contributed by atoms with Crippen molar-refractivity contribution in [2.45, 2.75) is 244 Å². The summed E-state index contributed by atoms with van der Waals surface area (Å²) in [6.07, 6.45) is 43.1. The van der Waals surface area contributed by atoms with Gasteiger partial charge in [0, 0.05) is 6.42 Å². The summed E-state index contributed by atoms with van der Waals surface area (Å²) in [4.78, 5) is 12.4. The first kappa shape index (κ1) is 46.1. The Hall–Kier alpha value is -0.910. The molecule has 0 radical (unpaired) electrons. The Morgan fingerprint density at radius 1 is 0.511 bits per heavy atom. The summed E-state index contributed by atoms with van der Waals surface area (Å²) in [5.74, 6) is -0.145. The lowest BCUT2D eigenvalue weighted by Gasteiger charge is -2.26. The van der Waals surface area contributed by atoms with E-state index in [-0.39, 0.29) is 12.5 Å². The topological polar surface area (TPSA) is 89.8 Å². The zero-order valence-electron chi connectivity index (χ0n) is 31.7. The van der Waals surface area contributed by atoms with Gasteiger partial charge in [0.2, 0.25) is 5.91 Å². The van der Waals surface area contributed by atoms with Crippen molar-refractivity contribution in [3.63, 3.8) is 0 Å². The lowest BCUT2D eigenvalue weighted by Crippen LogP contribution is -2.50. The fraction of sp³-hybridized carbons (Fsp3) is 0.929. The van der Waals surface area contributed by atoms with E-state index < -0.39 is 18.2 Å². The Kier molecular flexibility index (Phi) is 37.2. The zero-order valence-corrected chi connectivity index (χ0v) is 31.7. The molecule has 0 rings (SSSR count). The molecule has 0 fully saturated rings. The summed E-state index contributed by atoms with van der Waals surface area (Å²) < 4.78 is 0. The predicted octanol–water partition coefficient (Wildman–Crippen LogP) is 11.7. The molecular formula is C42H83NO4. The SMILES string of the molecule is CCCCCCCCCC=CCCCCCCCCC[C@@H](O)[C@@H](O)[C@H](CO)NC(=O)CCCCCCCCCCCCCCCCC. The summed E-state index contributed by atoms with van der Waals surface area (Å²) in [5, 5.41) is 33.5. The molecule has 47 heavy (non-hydrogen) atoms. The Labute approximate surface area is 293 Å². The third-order valence-electron chi connectivity index (χ3n) is 9.87. The van der Waals surface area contributed by atoms with Gasteiger partial charge in [0.05, 0.1) is 18.8 Å². The summed E-state index contributed by atoms with van der Waals surface area (Å²) in [6, 6.07) is -0.807. The van der Waals surface area contributed by atoms with Gasteiger partial charge in [0.25, 0.3) is 0 Å². The van der Waals surface area contributed by atoms with Crippen molar-refractivity contribution < 1.29 is 20.1 Å². The number of nitrogens with one attached hydrogen (secondary N) is 1. The summed E-state index contributed by atoms with van der Waals surface area (Å²) in [7, 11) is 0. The minimum absolute atomic E-state index is 0.145. The Bertz CT molecular complexity index is 655. The van der Waals surface area contributed by atoms with Gasteiger partial charge < -0.3 is 20.6 Å². The Morgan fingerprint density at radius 2 is 0.851 bits per heavy atom. The molecule has 0 aliphatic heterocycles. The maximum absolute atomic E-state index is 12.4. The molecule has 0 heterocycles. The normalized spacial score (nSPS) is 13.7. The molecule has 0 aliphatic rings. The summed E-state index contributed by atoms with van der Waals surface area (Å²) in [6.45, 7) is 4.18. The third kappa shape index (κ3) is 33.4. The molecule has 0 unspecified atom stereocenters. The number of carbonyl (C=O) groups is 1. The van der Waals surface area contributed by atoms with Crippen molar-refractivity contribution in [2.24, 2.45) is 0 Å². The van der Waals surface area contributed by atoms with Gasteiger partial charge in [-0.25, -0.2) is 0 Å². The first-order valence-corrected chi connectivity index (χ1v) is 21.0. The van der Waals surface area contributed by atoms with Crippen LogP contribution < -0.4 is 5.32 Å². The maximum Gasteiger partial charge on any atom is 0.220 e. The molecule has 0 aromatic carbocycles. The van der Waals surface area contributed by atoms with Crippen molar-refractivity contribution >= 4 is 5.91 Å². The van der Waals surface area contributed by atoms with Crippen molar-refractivity contribution in [1.29, 1.82) is 0 Å². The van der Waals surface area contributed by atoms with Crippen LogP contribution in [0.15, 0.2) is 12.2 Å². The number of carbonyl (C=O) groups excluding carboxylic acids is 1. The highest BCUT2D eigenvalue weighted by Gasteiger charge is 2.26. The van der Waals surface area contributed by atoms with Crippen LogP contribution in [0.2, 0.25) is 0 Å². The second kappa shape index (κ2) is 37.9. The van der Waals surface area contributed by atoms with Crippen LogP contribution in [0.25, 0.3) is 0 Å². The lowest BCUT2D eigenvalue weighted by atomic mass is 9.99. The van der Waals surface area contributed by atoms with Crippen LogP contribution in [0.1, 0.15) is 226 Å². The maximum atomic E-state index is 12.4. The number of amides is 1. The fourth-order valence-corrected chi connectivity index (χ4v) is 6.57. The second-order valence-electron chi connectivity index (χ2n) is 14.5. The van der Waals surface area contributed by atoms with E-state index in [1.54, 1.807) is 0 Å².